The van der Waals surface area contributed by atoms with Gasteiger partial charge in [0.05, 0.1) is 15.7 Å². The lowest BCUT2D eigenvalue weighted by atomic mass is 10.1. The van der Waals surface area contributed by atoms with Crippen LogP contribution in [0.1, 0.15) is 5.56 Å². The van der Waals surface area contributed by atoms with Gasteiger partial charge in [0.2, 0.25) is 0 Å². The first-order chi connectivity index (χ1) is 7.63. The second kappa shape index (κ2) is 4.45. The highest BCUT2D eigenvalue weighted by atomic mass is 35.5. The highest BCUT2D eigenvalue weighted by molar-refractivity contribution is 6.43. The molecule has 2 N–H and O–H groups in total. The number of rotatable bonds is 2. The molecule has 0 fully saturated rings. The quantitative estimate of drug-likeness (QED) is 0.897. The van der Waals surface area contributed by atoms with Crippen molar-refractivity contribution in [2.24, 2.45) is 12.8 Å². The van der Waals surface area contributed by atoms with Gasteiger partial charge in [-0.05, 0) is 6.07 Å². The molecule has 3 nitrogen and oxygen atoms in total. The summed E-state index contributed by atoms with van der Waals surface area (Å²) in [6.07, 6.45) is 1.88. The van der Waals surface area contributed by atoms with Crippen LogP contribution in [0.2, 0.25) is 10.0 Å². The van der Waals surface area contributed by atoms with E-state index in [0.29, 0.717) is 16.6 Å². The molecule has 0 spiro atoms. The van der Waals surface area contributed by atoms with Crippen LogP contribution in [-0.4, -0.2) is 9.78 Å². The van der Waals surface area contributed by atoms with E-state index in [4.69, 9.17) is 28.9 Å². The molecular weight excluding hydrogens is 245 g/mol. The van der Waals surface area contributed by atoms with E-state index in [1.54, 1.807) is 10.7 Å². The van der Waals surface area contributed by atoms with E-state index in [0.717, 1.165) is 16.8 Å². The highest BCUT2D eigenvalue weighted by Crippen LogP contribution is 2.33. The zero-order valence-electron chi connectivity index (χ0n) is 8.74. The van der Waals surface area contributed by atoms with Crippen LogP contribution >= 0.6 is 23.2 Å². The fraction of sp³-hybridized carbons (Fsp3) is 0.182. The van der Waals surface area contributed by atoms with Crippen molar-refractivity contribution in [2.45, 2.75) is 6.54 Å². The second-order valence-corrected chi connectivity index (χ2v) is 4.27. The van der Waals surface area contributed by atoms with Gasteiger partial charge >= 0.3 is 0 Å². The Kier molecular flexibility index (Phi) is 3.19. The van der Waals surface area contributed by atoms with Gasteiger partial charge in [0.15, 0.2) is 0 Å². The summed E-state index contributed by atoms with van der Waals surface area (Å²) < 4.78 is 1.72. The lowest BCUT2D eigenvalue weighted by Crippen LogP contribution is -1.96. The molecule has 5 heteroatoms. The van der Waals surface area contributed by atoms with E-state index in [1.807, 2.05) is 25.4 Å². The minimum atomic E-state index is 0.423. The first-order valence-electron chi connectivity index (χ1n) is 4.80. The molecule has 1 aromatic carbocycles. The summed E-state index contributed by atoms with van der Waals surface area (Å²) in [7, 11) is 1.85. The average molecular weight is 256 g/mol. The fourth-order valence-electron chi connectivity index (χ4n) is 1.60. The third-order valence-electron chi connectivity index (χ3n) is 2.33. The van der Waals surface area contributed by atoms with Crippen molar-refractivity contribution in [3.63, 3.8) is 0 Å². The van der Waals surface area contributed by atoms with Crippen LogP contribution in [0.3, 0.4) is 0 Å². The van der Waals surface area contributed by atoms with Crippen LogP contribution in [0, 0.1) is 0 Å². The highest BCUT2D eigenvalue weighted by Gasteiger charge is 2.13. The Morgan fingerprint density at radius 2 is 2.12 bits per heavy atom. The molecule has 84 valence electrons. The molecule has 1 heterocycles. The smallest absolute Gasteiger partial charge is 0.0983 e. The number of nitrogens with zero attached hydrogens (tertiary/aromatic N) is 2. The zero-order valence-corrected chi connectivity index (χ0v) is 10.3. The summed E-state index contributed by atoms with van der Waals surface area (Å²) in [4.78, 5) is 0. The molecule has 2 aromatic rings. The Labute approximate surface area is 104 Å². The largest absolute Gasteiger partial charge is 0.326 e. The van der Waals surface area contributed by atoms with Crippen molar-refractivity contribution >= 4 is 23.2 Å². The predicted molar refractivity (Wildman–Crippen MR) is 66.6 cm³/mol. The summed E-state index contributed by atoms with van der Waals surface area (Å²) in [6.45, 7) is 0.423. The van der Waals surface area contributed by atoms with Crippen LogP contribution in [0.5, 0.6) is 0 Å². The number of aromatic nitrogens is 2. The number of nitrogens with two attached hydrogens (primary N) is 1. The van der Waals surface area contributed by atoms with Gasteiger partial charge in [-0.25, -0.2) is 0 Å². The summed E-state index contributed by atoms with van der Waals surface area (Å²) >= 11 is 12.1. The third-order valence-corrected chi connectivity index (χ3v) is 3.15. The van der Waals surface area contributed by atoms with E-state index in [-0.39, 0.29) is 0 Å². The van der Waals surface area contributed by atoms with Gasteiger partial charge in [-0.2, -0.15) is 5.10 Å². The molecule has 0 aliphatic heterocycles. The first kappa shape index (κ1) is 11.5. The number of aryl methyl sites for hydroxylation is 1. The van der Waals surface area contributed by atoms with Gasteiger partial charge in [0, 0.05) is 30.9 Å². The van der Waals surface area contributed by atoms with Gasteiger partial charge in [-0.1, -0.05) is 35.3 Å². The lowest BCUT2D eigenvalue weighted by molar-refractivity contribution is 0.769. The number of hydrogen-bond acceptors (Lipinski definition) is 2. The van der Waals surface area contributed by atoms with Crippen molar-refractivity contribution < 1.29 is 0 Å². The Bertz CT molecular complexity index is 520. The number of benzene rings is 1. The van der Waals surface area contributed by atoms with Crippen LogP contribution in [0.15, 0.2) is 24.4 Å². The van der Waals surface area contributed by atoms with E-state index in [1.165, 1.54) is 0 Å². The molecule has 16 heavy (non-hydrogen) atoms. The van der Waals surface area contributed by atoms with Crippen LogP contribution in [0.25, 0.3) is 11.3 Å². The topological polar surface area (TPSA) is 43.8 Å². The van der Waals surface area contributed by atoms with Crippen molar-refractivity contribution in [1.29, 1.82) is 0 Å². The molecule has 0 amide bonds. The number of halogens is 2. The van der Waals surface area contributed by atoms with Gasteiger partial charge in [-0.15, -0.1) is 0 Å². The molecule has 2 rings (SSSR count). The second-order valence-electron chi connectivity index (χ2n) is 3.48. The maximum absolute atomic E-state index is 6.14. The molecule has 1 aromatic heterocycles. The Balaban J connectivity index is 2.62. The molecule has 0 saturated carbocycles. The van der Waals surface area contributed by atoms with Crippen LogP contribution in [0.4, 0.5) is 0 Å². The summed E-state index contributed by atoms with van der Waals surface area (Å²) in [6, 6.07) is 5.48. The van der Waals surface area contributed by atoms with Crippen molar-refractivity contribution in [3.05, 3.63) is 40.0 Å². The number of hydrogen-bond donors (Lipinski definition) is 1. The molecule has 0 saturated heterocycles. The maximum Gasteiger partial charge on any atom is 0.0983 e. The predicted octanol–water partition coefficient (Wildman–Crippen LogP) is 2.85. The SMILES string of the molecule is Cn1cc(CN)c(-c2cccc(Cl)c2Cl)n1. The standard InChI is InChI=1S/C11H11Cl2N3/c1-16-6-7(5-14)11(15-16)8-3-2-4-9(12)10(8)13/h2-4,6H,5,14H2,1H3. The summed E-state index contributed by atoms with van der Waals surface area (Å²) in [5.74, 6) is 0. The molecule has 0 atom stereocenters. The van der Waals surface area contributed by atoms with E-state index in [2.05, 4.69) is 5.10 Å². The molecule has 0 bridgehead atoms. The third kappa shape index (κ3) is 1.94. The molecular formula is C11H11Cl2N3. The van der Waals surface area contributed by atoms with Crippen molar-refractivity contribution in [1.82, 2.24) is 9.78 Å². The Morgan fingerprint density at radius 1 is 1.38 bits per heavy atom. The molecule has 0 aliphatic carbocycles. The Morgan fingerprint density at radius 3 is 2.81 bits per heavy atom. The fourth-order valence-corrected chi connectivity index (χ4v) is 1.99. The normalized spacial score (nSPS) is 10.8. The van der Waals surface area contributed by atoms with Crippen LogP contribution in [-0.2, 0) is 13.6 Å². The molecule has 0 unspecified atom stereocenters. The van der Waals surface area contributed by atoms with E-state index < -0.39 is 0 Å². The van der Waals surface area contributed by atoms with Gasteiger partial charge in [-0.3, -0.25) is 4.68 Å². The van der Waals surface area contributed by atoms with Crippen molar-refractivity contribution in [2.75, 3.05) is 0 Å². The van der Waals surface area contributed by atoms with Gasteiger partial charge in [0.25, 0.3) is 0 Å². The minimum Gasteiger partial charge on any atom is -0.326 e. The molecule has 0 aliphatic rings. The van der Waals surface area contributed by atoms with E-state index >= 15 is 0 Å². The maximum atomic E-state index is 6.14. The lowest BCUT2D eigenvalue weighted by Gasteiger charge is -2.04. The molecule has 0 radical (unpaired) electrons. The average Bonchev–Trinajstić information content (AvgIpc) is 2.63. The van der Waals surface area contributed by atoms with Crippen LogP contribution < -0.4 is 5.73 Å². The first-order valence-corrected chi connectivity index (χ1v) is 5.56. The van der Waals surface area contributed by atoms with Crippen molar-refractivity contribution in [3.8, 4) is 11.3 Å². The summed E-state index contributed by atoms with van der Waals surface area (Å²) in [5.41, 5.74) is 8.22. The monoisotopic (exact) mass is 255 g/mol. The summed E-state index contributed by atoms with van der Waals surface area (Å²) in [5, 5.41) is 5.38. The Hall–Kier alpha value is -1.03. The van der Waals surface area contributed by atoms with Gasteiger partial charge in [0.1, 0.15) is 0 Å². The van der Waals surface area contributed by atoms with E-state index in [9.17, 15) is 0 Å². The zero-order chi connectivity index (χ0) is 11.7. The van der Waals surface area contributed by atoms with Gasteiger partial charge < -0.3 is 5.73 Å². The minimum absolute atomic E-state index is 0.423.